The molecule has 1 aliphatic carbocycles. The molecular weight excluding hydrogens is 270 g/mol. The van der Waals surface area contributed by atoms with Crippen LogP contribution in [-0.2, 0) is 10.0 Å². The first-order valence-electron chi connectivity index (χ1n) is 5.75. The zero-order chi connectivity index (χ0) is 14.0. The minimum atomic E-state index is -3.52. The Labute approximate surface area is 111 Å². The average molecular weight is 285 g/mol. The lowest BCUT2D eigenvalue weighted by Crippen LogP contribution is -2.22. The van der Waals surface area contributed by atoms with E-state index in [0.29, 0.717) is 0 Å². The molecule has 0 saturated heterocycles. The highest BCUT2D eigenvalue weighted by atomic mass is 32.2. The lowest BCUT2D eigenvalue weighted by atomic mass is 10.2. The summed E-state index contributed by atoms with van der Waals surface area (Å²) in [5, 5.41) is 2.43. The van der Waals surface area contributed by atoms with Gasteiger partial charge in [0.25, 0.3) is 5.91 Å². The Bertz CT molecular complexity index is 596. The lowest BCUT2D eigenvalue weighted by Gasteiger charge is -2.14. The zero-order valence-electron chi connectivity index (χ0n) is 10.6. The molecular formula is C11H15N3O4S. The number of sulfonamides is 1. The summed E-state index contributed by atoms with van der Waals surface area (Å²) in [6.07, 6.45) is 5.62. The first kappa shape index (κ1) is 13.6. The smallest absolute Gasteiger partial charge is 0.254 e. The Morgan fingerprint density at radius 3 is 2.63 bits per heavy atom. The van der Waals surface area contributed by atoms with Crippen LogP contribution in [-0.4, -0.2) is 38.7 Å². The number of amides is 1. The normalized spacial score (nSPS) is 14.8. The van der Waals surface area contributed by atoms with E-state index in [1.807, 2.05) is 0 Å². The average Bonchev–Trinajstić information content (AvgIpc) is 3.12. The molecule has 2 rings (SSSR count). The molecule has 1 heterocycles. The van der Waals surface area contributed by atoms with Crippen LogP contribution in [0.5, 0.6) is 5.75 Å². The SMILES string of the molecule is CNC(=O)c1cncc(OC2CC2)c1NS(C)(=O)=O. The van der Waals surface area contributed by atoms with Gasteiger partial charge >= 0.3 is 0 Å². The number of nitrogens with one attached hydrogen (secondary N) is 2. The van der Waals surface area contributed by atoms with Crippen molar-refractivity contribution in [3.05, 3.63) is 18.0 Å². The van der Waals surface area contributed by atoms with E-state index in [2.05, 4.69) is 15.0 Å². The molecule has 2 N–H and O–H groups in total. The number of anilines is 1. The van der Waals surface area contributed by atoms with Gasteiger partial charge in [-0.3, -0.25) is 14.5 Å². The highest BCUT2D eigenvalue weighted by molar-refractivity contribution is 7.92. The number of hydrogen-bond acceptors (Lipinski definition) is 5. The summed E-state index contributed by atoms with van der Waals surface area (Å²) < 4.78 is 30.7. The molecule has 1 aromatic rings. The molecule has 19 heavy (non-hydrogen) atoms. The van der Waals surface area contributed by atoms with Crippen molar-refractivity contribution in [3.8, 4) is 5.75 Å². The molecule has 8 heteroatoms. The van der Waals surface area contributed by atoms with Gasteiger partial charge < -0.3 is 10.1 Å². The van der Waals surface area contributed by atoms with Gasteiger partial charge in [-0.05, 0) is 12.8 Å². The van der Waals surface area contributed by atoms with Crippen molar-refractivity contribution in [1.82, 2.24) is 10.3 Å². The van der Waals surface area contributed by atoms with Crippen LogP contribution in [0.1, 0.15) is 23.2 Å². The molecule has 0 unspecified atom stereocenters. The maximum absolute atomic E-state index is 11.7. The van der Waals surface area contributed by atoms with Gasteiger partial charge in [-0.2, -0.15) is 0 Å². The second-order valence-electron chi connectivity index (χ2n) is 4.33. The number of ether oxygens (including phenoxy) is 1. The number of nitrogens with zero attached hydrogens (tertiary/aromatic N) is 1. The third-order valence-corrected chi connectivity index (χ3v) is 3.06. The van der Waals surface area contributed by atoms with Gasteiger partial charge in [-0.25, -0.2) is 8.42 Å². The van der Waals surface area contributed by atoms with E-state index >= 15 is 0 Å². The molecule has 104 valence electrons. The van der Waals surface area contributed by atoms with Crippen molar-refractivity contribution >= 4 is 21.6 Å². The molecule has 0 atom stereocenters. The van der Waals surface area contributed by atoms with Crippen LogP contribution < -0.4 is 14.8 Å². The number of pyridine rings is 1. The Hall–Kier alpha value is -1.83. The fourth-order valence-electron chi connectivity index (χ4n) is 1.49. The van der Waals surface area contributed by atoms with Crippen molar-refractivity contribution in [2.45, 2.75) is 18.9 Å². The molecule has 7 nitrogen and oxygen atoms in total. The molecule has 1 aromatic heterocycles. The van der Waals surface area contributed by atoms with Gasteiger partial charge in [0.2, 0.25) is 10.0 Å². The molecule has 1 amide bonds. The van der Waals surface area contributed by atoms with Gasteiger partial charge in [-0.1, -0.05) is 0 Å². The molecule has 0 aliphatic heterocycles. The van der Waals surface area contributed by atoms with Crippen LogP contribution in [0.15, 0.2) is 12.4 Å². The number of carbonyl (C=O) groups excluding carboxylic acids is 1. The second-order valence-corrected chi connectivity index (χ2v) is 6.08. The summed E-state index contributed by atoms with van der Waals surface area (Å²) in [6, 6.07) is 0. The maximum atomic E-state index is 11.7. The maximum Gasteiger partial charge on any atom is 0.254 e. The quantitative estimate of drug-likeness (QED) is 0.813. The number of carbonyl (C=O) groups is 1. The molecule has 0 radical (unpaired) electrons. The summed E-state index contributed by atoms with van der Waals surface area (Å²) >= 11 is 0. The van der Waals surface area contributed by atoms with E-state index in [0.717, 1.165) is 19.1 Å². The zero-order valence-corrected chi connectivity index (χ0v) is 11.5. The predicted octanol–water partition coefficient (Wildman–Crippen LogP) is 0.354. The van der Waals surface area contributed by atoms with Crippen molar-refractivity contribution in [2.24, 2.45) is 0 Å². The highest BCUT2D eigenvalue weighted by Gasteiger charge is 2.27. The van der Waals surface area contributed by atoms with Crippen LogP contribution in [0.2, 0.25) is 0 Å². The number of rotatable bonds is 5. The minimum absolute atomic E-state index is 0.0712. The molecule has 0 aromatic carbocycles. The van der Waals surface area contributed by atoms with Gasteiger partial charge in [0.05, 0.1) is 24.1 Å². The molecule has 1 saturated carbocycles. The van der Waals surface area contributed by atoms with Crippen LogP contribution in [0.25, 0.3) is 0 Å². The van der Waals surface area contributed by atoms with Gasteiger partial charge in [0, 0.05) is 13.2 Å². The van der Waals surface area contributed by atoms with Gasteiger partial charge in [-0.15, -0.1) is 0 Å². The predicted molar refractivity (Wildman–Crippen MR) is 69.7 cm³/mol. The Morgan fingerprint density at radius 2 is 2.11 bits per heavy atom. The van der Waals surface area contributed by atoms with E-state index in [9.17, 15) is 13.2 Å². The summed E-state index contributed by atoms with van der Waals surface area (Å²) in [6.45, 7) is 0. The second kappa shape index (κ2) is 5.04. The van der Waals surface area contributed by atoms with E-state index in [1.165, 1.54) is 19.4 Å². The van der Waals surface area contributed by atoms with Crippen molar-refractivity contribution < 1.29 is 17.9 Å². The Morgan fingerprint density at radius 1 is 1.42 bits per heavy atom. The lowest BCUT2D eigenvalue weighted by molar-refractivity contribution is 0.0963. The van der Waals surface area contributed by atoms with Crippen LogP contribution in [0.4, 0.5) is 5.69 Å². The monoisotopic (exact) mass is 285 g/mol. The minimum Gasteiger partial charge on any atom is -0.487 e. The van der Waals surface area contributed by atoms with Crippen molar-refractivity contribution in [3.63, 3.8) is 0 Å². The van der Waals surface area contributed by atoms with Crippen LogP contribution in [0, 0.1) is 0 Å². The summed E-state index contributed by atoms with van der Waals surface area (Å²) in [4.78, 5) is 15.6. The topological polar surface area (TPSA) is 97.4 Å². The third-order valence-electron chi connectivity index (χ3n) is 2.49. The summed E-state index contributed by atoms with van der Waals surface area (Å²) in [5.74, 6) is -0.158. The van der Waals surface area contributed by atoms with Crippen molar-refractivity contribution in [2.75, 3.05) is 18.0 Å². The molecule has 0 spiro atoms. The third kappa shape index (κ3) is 3.57. The molecule has 1 aliphatic rings. The fourth-order valence-corrected chi connectivity index (χ4v) is 2.07. The number of aromatic nitrogens is 1. The molecule has 0 bridgehead atoms. The van der Waals surface area contributed by atoms with E-state index < -0.39 is 15.9 Å². The number of hydrogen-bond donors (Lipinski definition) is 2. The van der Waals surface area contributed by atoms with E-state index in [4.69, 9.17) is 4.74 Å². The van der Waals surface area contributed by atoms with E-state index in [1.54, 1.807) is 0 Å². The molecule has 1 fully saturated rings. The van der Waals surface area contributed by atoms with Crippen LogP contribution >= 0.6 is 0 Å². The fraction of sp³-hybridized carbons (Fsp3) is 0.455. The highest BCUT2D eigenvalue weighted by Crippen LogP contribution is 2.34. The summed E-state index contributed by atoms with van der Waals surface area (Å²) in [7, 11) is -2.06. The standard InChI is InChI=1S/C11H15N3O4S/c1-12-11(15)8-5-13-6-9(18-7-3-4-7)10(8)14-19(2,16)17/h5-7H,3-4H2,1-2H3,(H,12,15)(H,13,14). The van der Waals surface area contributed by atoms with Crippen molar-refractivity contribution in [1.29, 1.82) is 0 Å². The largest absolute Gasteiger partial charge is 0.487 e. The first-order chi connectivity index (χ1) is 8.90. The first-order valence-corrected chi connectivity index (χ1v) is 7.64. The Balaban J connectivity index is 2.43. The Kier molecular flexibility index (Phi) is 3.61. The summed E-state index contributed by atoms with van der Waals surface area (Å²) in [5.41, 5.74) is 0.259. The van der Waals surface area contributed by atoms with Crippen LogP contribution in [0.3, 0.4) is 0 Å². The van der Waals surface area contributed by atoms with E-state index in [-0.39, 0.29) is 23.1 Å². The van der Waals surface area contributed by atoms with Gasteiger partial charge in [0.1, 0.15) is 5.69 Å². The van der Waals surface area contributed by atoms with Gasteiger partial charge in [0.15, 0.2) is 5.75 Å².